The first-order valence-corrected chi connectivity index (χ1v) is 6.18. The van der Waals surface area contributed by atoms with Gasteiger partial charge in [-0.3, -0.25) is 0 Å². The molecular weight excluding hydrogens is 148 g/mol. The number of hydrogen-bond donors (Lipinski definition) is 0. The van der Waals surface area contributed by atoms with E-state index in [9.17, 15) is 0 Å². The van der Waals surface area contributed by atoms with Gasteiger partial charge in [0.1, 0.15) is 0 Å². The van der Waals surface area contributed by atoms with Crippen molar-refractivity contribution in [3.8, 4) is 0 Å². The molecule has 0 spiro atoms. The van der Waals surface area contributed by atoms with Gasteiger partial charge in [0.2, 0.25) is 0 Å². The van der Waals surface area contributed by atoms with Gasteiger partial charge in [-0.25, -0.2) is 0 Å². The summed E-state index contributed by atoms with van der Waals surface area (Å²) < 4.78 is 0. The highest BCUT2D eigenvalue weighted by Crippen LogP contribution is 2.04. The second-order valence-electron chi connectivity index (χ2n) is 2.93. The predicted molar refractivity (Wildman–Crippen MR) is 48.4 cm³/mol. The van der Waals surface area contributed by atoms with E-state index in [4.69, 9.17) is 11.6 Å². The SMILES string of the molecule is CC(C)[SiH2]CCCCCl. The summed E-state index contributed by atoms with van der Waals surface area (Å²) in [5.74, 6) is 0.854. The van der Waals surface area contributed by atoms with Gasteiger partial charge in [-0.05, 0) is 6.42 Å². The molecule has 0 aromatic heterocycles. The van der Waals surface area contributed by atoms with Crippen LogP contribution < -0.4 is 0 Å². The lowest BCUT2D eigenvalue weighted by atomic mass is 10.4. The summed E-state index contributed by atoms with van der Waals surface area (Å²) in [4.78, 5) is 0. The van der Waals surface area contributed by atoms with Crippen molar-refractivity contribution >= 4 is 21.1 Å². The van der Waals surface area contributed by atoms with Crippen molar-refractivity contribution in [2.75, 3.05) is 5.88 Å². The molecule has 0 saturated heterocycles. The maximum absolute atomic E-state index is 5.53. The van der Waals surface area contributed by atoms with Crippen molar-refractivity contribution in [1.82, 2.24) is 0 Å². The van der Waals surface area contributed by atoms with Gasteiger partial charge in [-0.1, -0.05) is 31.9 Å². The minimum atomic E-state index is 0.267. The molecule has 0 fully saturated rings. The molecule has 0 heterocycles. The van der Waals surface area contributed by atoms with Crippen LogP contribution >= 0.6 is 11.6 Å². The summed E-state index contributed by atoms with van der Waals surface area (Å²) in [6.07, 6.45) is 2.59. The second-order valence-corrected chi connectivity index (χ2v) is 6.23. The molecule has 0 atom stereocenters. The lowest BCUT2D eigenvalue weighted by Gasteiger charge is -2.00. The summed E-state index contributed by atoms with van der Waals surface area (Å²) in [5, 5.41) is 0. The van der Waals surface area contributed by atoms with E-state index in [1.807, 2.05) is 0 Å². The molecule has 0 bridgehead atoms. The van der Waals surface area contributed by atoms with Gasteiger partial charge in [-0.15, -0.1) is 11.6 Å². The first kappa shape index (κ1) is 9.51. The highest BCUT2D eigenvalue weighted by Gasteiger charge is 1.93. The summed E-state index contributed by atoms with van der Waals surface area (Å²) in [6.45, 7) is 4.65. The Balaban J connectivity index is 2.75. The van der Waals surface area contributed by atoms with Gasteiger partial charge >= 0.3 is 0 Å². The molecule has 0 amide bonds. The van der Waals surface area contributed by atoms with E-state index in [2.05, 4.69) is 13.8 Å². The van der Waals surface area contributed by atoms with Crippen LogP contribution in [0.25, 0.3) is 0 Å². The average Bonchev–Trinajstić information content (AvgIpc) is 1.80. The van der Waals surface area contributed by atoms with E-state index < -0.39 is 0 Å². The number of hydrogen-bond acceptors (Lipinski definition) is 0. The van der Waals surface area contributed by atoms with E-state index in [-0.39, 0.29) is 9.52 Å². The fourth-order valence-corrected chi connectivity index (χ4v) is 2.47. The number of alkyl halides is 1. The highest BCUT2D eigenvalue weighted by atomic mass is 35.5. The zero-order valence-electron chi connectivity index (χ0n) is 6.49. The van der Waals surface area contributed by atoms with E-state index in [1.165, 1.54) is 18.9 Å². The largest absolute Gasteiger partial charge is 0.127 e. The van der Waals surface area contributed by atoms with Gasteiger partial charge in [0.25, 0.3) is 0 Å². The monoisotopic (exact) mass is 164 g/mol. The van der Waals surface area contributed by atoms with Crippen molar-refractivity contribution in [3.63, 3.8) is 0 Å². The third-order valence-corrected chi connectivity index (χ3v) is 3.75. The molecule has 0 rings (SSSR count). The van der Waals surface area contributed by atoms with Crippen LogP contribution in [-0.2, 0) is 0 Å². The van der Waals surface area contributed by atoms with Crippen molar-refractivity contribution in [2.45, 2.75) is 38.3 Å². The Labute approximate surface area is 65.8 Å². The van der Waals surface area contributed by atoms with E-state index in [1.54, 1.807) is 0 Å². The van der Waals surface area contributed by atoms with Crippen LogP contribution in [0.4, 0.5) is 0 Å². The Bertz CT molecular complexity index is 54.9. The van der Waals surface area contributed by atoms with Crippen molar-refractivity contribution in [2.24, 2.45) is 0 Å². The van der Waals surface area contributed by atoms with Crippen LogP contribution in [-0.4, -0.2) is 15.4 Å². The lowest BCUT2D eigenvalue weighted by Crippen LogP contribution is -1.93. The van der Waals surface area contributed by atoms with Crippen LogP contribution in [0.5, 0.6) is 0 Å². The lowest BCUT2D eigenvalue weighted by molar-refractivity contribution is 0.874. The zero-order chi connectivity index (χ0) is 7.11. The maximum Gasteiger partial charge on any atom is 0.0224 e. The van der Waals surface area contributed by atoms with Crippen LogP contribution in [0.1, 0.15) is 26.7 Å². The Morgan fingerprint density at radius 2 is 2.00 bits per heavy atom. The van der Waals surface area contributed by atoms with Crippen molar-refractivity contribution in [3.05, 3.63) is 0 Å². The third-order valence-electron chi connectivity index (χ3n) is 1.42. The third kappa shape index (κ3) is 8.51. The van der Waals surface area contributed by atoms with Gasteiger partial charge in [-0.2, -0.15) is 0 Å². The summed E-state index contributed by atoms with van der Waals surface area (Å²) >= 11 is 5.53. The highest BCUT2D eigenvalue weighted by molar-refractivity contribution is 6.37. The number of halogens is 1. The second kappa shape index (κ2) is 6.62. The minimum absolute atomic E-state index is 0.267. The molecule has 0 nitrogen and oxygen atoms in total. The molecule has 0 N–H and O–H groups in total. The van der Waals surface area contributed by atoms with Crippen LogP contribution in [0, 0.1) is 0 Å². The fourth-order valence-electron chi connectivity index (χ4n) is 0.824. The quantitative estimate of drug-likeness (QED) is 0.333. The van der Waals surface area contributed by atoms with Crippen molar-refractivity contribution < 1.29 is 0 Å². The zero-order valence-corrected chi connectivity index (χ0v) is 8.66. The van der Waals surface area contributed by atoms with Gasteiger partial charge < -0.3 is 0 Å². The first-order valence-electron chi connectivity index (χ1n) is 3.83. The van der Waals surface area contributed by atoms with Gasteiger partial charge in [0.15, 0.2) is 0 Å². The molecule has 0 aromatic carbocycles. The fraction of sp³-hybridized carbons (Fsp3) is 1.00. The summed E-state index contributed by atoms with van der Waals surface area (Å²) in [5.41, 5.74) is 1.00. The standard InChI is InChI=1S/C7H17ClSi/c1-7(2)9-6-4-3-5-8/h7H,3-6,9H2,1-2H3. The van der Waals surface area contributed by atoms with Crippen LogP contribution in [0.3, 0.4) is 0 Å². The van der Waals surface area contributed by atoms with E-state index in [0.717, 1.165) is 11.4 Å². The normalized spacial score (nSPS) is 12.0. The van der Waals surface area contributed by atoms with E-state index >= 15 is 0 Å². The molecule has 0 radical (unpaired) electrons. The van der Waals surface area contributed by atoms with Crippen LogP contribution in [0.2, 0.25) is 11.6 Å². The average molecular weight is 165 g/mol. The summed E-state index contributed by atoms with van der Waals surface area (Å²) in [6, 6.07) is 1.49. The Morgan fingerprint density at radius 3 is 2.44 bits per heavy atom. The molecular formula is C7H17ClSi. The first-order chi connectivity index (χ1) is 4.27. The topological polar surface area (TPSA) is 0 Å². The smallest absolute Gasteiger partial charge is 0.0224 e. The van der Waals surface area contributed by atoms with Gasteiger partial charge in [0, 0.05) is 15.4 Å². The Kier molecular flexibility index (Phi) is 7.00. The predicted octanol–water partition coefficient (Wildman–Crippen LogP) is 2.42. The molecule has 9 heavy (non-hydrogen) atoms. The van der Waals surface area contributed by atoms with E-state index in [0.29, 0.717) is 0 Å². The number of rotatable bonds is 5. The molecule has 2 heteroatoms. The Morgan fingerprint density at radius 1 is 1.33 bits per heavy atom. The van der Waals surface area contributed by atoms with Crippen LogP contribution in [0.15, 0.2) is 0 Å². The molecule has 0 aromatic rings. The summed E-state index contributed by atoms with van der Waals surface area (Å²) in [7, 11) is 0.267. The molecule has 56 valence electrons. The van der Waals surface area contributed by atoms with Crippen molar-refractivity contribution in [1.29, 1.82) is 0 Å². The number of unbranched alkanes of at least 4 members (excludes halogenated alkanes) is 1. The molecule has 0 aliphatic heterocycles. The molecule has 0 aliphatic carbocycles. The molecule has 0 saturated carbocycles. The maximum atomic E-state index is 5.53. The minimum Gasteiger partial charge on any atom is -0.127 e. The molecule has 0 aliphatic rings. The van der Waals surface area contributed by atoms with Gasteiger partial charge in [0.05, 0.1) is 0 Å². The Hall–Kier alpha value is 0.507. The molecule has 0 unspecified atom stereocenters.